The molecule has 0 saturated heterocycles. The molecule has 0 radical (unpaired) electrons. The van der Waals surface area contributed by atoms with Gasteiger partial charge in [-0.05, 0) is 25.7 Å². The van der Waals surface area contributed by atoms with Crippen LogP contribution in [0.2, 0.25) is 0 Å². The number of hydrogen-bond acceptors (Lipinski definition) is 3. The highest BCUT2D eigenvalue weighted by atomic mass is 16.4. The summed E-state index contributed by atoms with van der Waals surface area (Å²) in [5.41, 5.74) is 0. The summed E-state index contributed by atoms with van der Waals surface area (Å²) in [6.45, 7) is 0. The fraction of sp³-hybridized carbons (Fsp3) is 0.800. The van der Waals surface area contributed by atoms with Gasteiger partial charge in [0.05, 0.1) is 0 Å². The van der Waals surface area contributed by atoms with Crippen LogP contribution in [0.25, 0.3) is 0 Å². The van der Waals surface area contributed by atoms with E-state index < -0.39 is 18.0 Å². The van der Waals surface area contributed by atoms with E-state index in [9.17, 15) is 14.4 Å². The number of unbranched alkanes of at least 4 members (excludes halogenated alkanes) is 2. The minimum Gasteiger partial charge on any atom is -0.481 e. The van der Waals surface area contributed by atoms with E-state index in [1.807, 2.05) is 0 Å². The van der Waals surface area contributed by atoms with Crippen LogP contribution >= 0.6 is 0 Å². The molecule has 0 bridgehead atoms. The van der Waals surface area contributed by atoms with E-state index in [1.165, 1.54) is 0 Å². The molecule has 0 unspecified atom stereocenters. The second kappa shape index (κ2) is 9.37. The predicted octanol–water partition coefficient (Wildman–Crippen LogP) is 2.17. The van der Waals surface area contributed by atoms with Crippen LogP contribution in [0.5, 0.6) is 0 Å². The van der Waals surface area contributed by atoms with Crippen LogP contribution in [0.1, 0.15) is 64.2 Å². The summed E-state index contributed by atoms with van der Waals surface area (Å²) in [6.07, 6.45) is 7.17. The lowest BCUT2D eigenvalue weighted by atomic mass is 9.88. The highest BCUT2D eigenvalue weighted by Crippen LogP contribution is 2.23. The Bertz CT molecular complexity index is 363. The van der Waals surface area contributed by atoms with Crippen LogP contribution in [0.15, 0.2) is 0 Å². The molecule has 0 aromatic heterocycles. The lowest BCUT2D eigenvalue weighted by Crippen LogP contribution is -2.44. The number of carboxylic acid groups (broad SMARTS) is 2. The molecule has 1 amide bonds. The summed E-state index contributed by atoms with van der Waals surface area (Å²) in [4.78, 5) is 33.6. The average Bonchev–Trinajstić information content (AvgIpc) is 2.45. The summed E-state index contributed by atoms with van der Waals surface area (Å²) in [5.74, 6) is -2.05. The zero-order chi connectivity index (χ0) is 15.7. The van der Waals surface area contributed by atoms with Gasteiger partial charge < -0.3 is 15.5 Å². The van der Waals surface area contributed by atoms with Gasteiger partial charge in [0, 0.05) is 12.3 Å². The van der Waals surface area contributed by atoms with Crippen molar-refractivity contribution in [1.29, 1.82) is 0 Å². The van der Waals surface area contributed by atoms with Crippen molar-refractivity contribution in [3.05, 3.63) is 0 Å². The standard InChI is InChI=1S/C15H25NO5/c17-13(18)10-6-2-5-9-12(15(20)21)16-14(19)11-7-3-1-4-8-11/h11-12H,1-10H2,(H,16,19)(H,17,18)(H,20,21)/t12-/m0/s1. The van der Waals surface area contributed by atoms with E-state index in [4.69, 9.17) is 10.2 Å². The third kappa shape index (κ3) is 7.11. The van der Waals surface area contributed by atoms with Crippen molar-refractivity contribution in [2.45, 2.75) is 70.3 Å². The summed E-state index contributed by atoms with van der Waals surface area (Å²) >= 11 is 0. The van der Waals surface area contributed by atoms with Gasteiger partial charge in [0.1, 0.15) is 6.04 Å². The number of amides is 1. The number of carboxylic acids is 2. The molecule has 120 valence electrons. The highest BCUT2D eigenvalue weighted by Gasteiger charge is 2.26. The first-order valence-electron chi connectivity index (χ1n) is 7.75. The number of hydrogen-bond donors (Lipinski definition) is 3. The largest absolute Gasteiger partial charge is 0.481 e. The van der Waals surface area contributed by atoms with Crippen LogP contribution in [-0.4, -0.2) is 34.1 Å². The van der Waals surface area contributed by atoms with Gasteiger partial charge in [-0.3, -0.25) is 9.59 Å². The average molecular weight is 299 g/mol. The molecule has 21 heavy (non-hydrogen) atoms. The van der Waals surface area contributed by atoms with E-state index in [0.717, 1.165) is 32.1 Å². The zero-order valence-corrected chi connectivity index (χ0v) is 12.3. The molecule has 6 heteroatoms. The minimum absolute atomic E-state index is 0.0485. The van der Waals surface area contributed by atoms with Gasteiger partial charge in [-0.1, -0.05) is 32.1 Å². The van der Waals surface area contributed by atoms with Crippen LogP contribution in [-0.2, 0) is 14.4 Å². The summed E-state index contributed by atoms with van der Waals surface area (Å²) in [7, 11) is 0. The number of rotatable bonds is 9. The first-order valence-corrected chi connectivity index (χ1v) is 7.75. The zero-order valence-electron chi connectivity index (χ0n) is 12.3. The second-order valence-electron chi connectivity index (χ2n) is 5.73. The third-order valence-corrected chi connectivity index (χ3v) is 3.97. The molecule has 0 spiro atoms. The molecule has 1 atom stereocenters. The van der Waals surface area contributed by atoms with E-state index >= 15 is 0 Å². The first kappa shape index (κ1) is 17.5. The smallest absolute Gasteiger partial charge is 0.326 e. The fourth-order valence-electron chi connectivity index (χ4n) is 2.71. The van der Waals surface area contributed by atoms with Gasteiger partial charge in [-0.25, -0.2) is 4.79 Å². The monoisotopic (exact) mass is 299 g/mol. The Balaban J connectivity index is 2.30. The van der Waals surface area contributed by atoms with Crippen LogP contribution < -0.4 is 5.32 Å². The van der Waals surface area contributed by atoms with Crippen molar-refractivity contribution >= 4 is 17.8 Å². The highest BCUT2D eigenvalue weighted by molar-refractivity contribution is 5.84. The van der Waals surface area contributed by atoms with Crippen LogP contribution in [0.3, 0.4) is 0 Å². The Morgan fingerprint density at radius 3 is 2.24 bits per heavy atom. The van der Waals surface area contributed by atoms with Crippen molar-refractivity contribution < 1.29 is 24.6 Å². The summed E-state index contributed by atoms with van der Waals surface area (Å²) in [5, 5.41) is 20.3. The van der Waals surface area contributed by atoms with E-state index in [1.54, 1.807) is 0 Å². The van der Waals surface area contributed by atoms with Gasteiger partial charge in [-0.2, -0.15) is 0 Å². The lowest BCUT2D eigenvalue weighted by molar-refractivity contribution is -0.143. The van der Waals surface area contributed by atoms with E-state index in [0.29, 0.717) is 25.7 Å². The molecule has 0 aromatic rings. The maximum absolute atomic E-state index is 12.0. The molecule has 3 N–H and O–H groups in total. The molecule has 0 aromatic carbocycles. The van der Waals surface area contributed by atoms with Gasteiger partial charge in [0.25, 0.3) is 0 Å². The Kier molecular flexibility index (Phi) is 7.79. The Labute approximate surface area is 124 Å². The topological polar surface area (TPSA) is 104 Å². The SMILES string of the molecule is O=C(O)CCCCC[C@H](NC(=O)C1CCCCC1)C(=O)O. The van der Waals surface area contributed by atoms with Crippen molar-refractivity contribution in [3.63, 3.8) is 0 Å². The molecule has 6 nitrogen and oxygen atoms in total. The predicted molar refractivity (Wildman–Crippen MR) is 76.9 cm³/mol. The molecule has 0 aliphatic heterocycles. The fourth-order valence-corrected chi connectivity index (χ4v) is 2.71. The maximum Gasteiger partial charge on any atom is 0.326 e. The van der Waals surface area contributed by atoms with Crippen molar-refractivity contribution in [1.82, 2.24) is 5.32 Å². The molecule has 0 heterocycles. The van der Waals surface area contributed by atoms with Crippen molar-refractivity contribution in [2.24, 2.45) is 5.92 Å². The molecule has 1 saturated carbocycles. The summed E-state index contributed by atoms with van der Waals surface area (Å²) < 4.78 is 0. The van der Waals surface area contributed by atoms with Crippen molar-refractivity contribution in [2.75, 3.05) is 0 Å². The normalized spacial score (nSPS) is 17.1. The summed E-state index contributed by atoms with van der Waals surface area (Å²) in [6, 6.07) is -0.857. The van der Waals surface area contributed by atoms with Crippen LogP contribution in [0.4, 0.5) is 0 Å². The minimum atomic E-state index is -1.02. The molecular weight excluding hydrogens is 274 g/mol. The van der Waals surface area contributed by atoms with E-state index in [2.05, 4.69) is 5.32 Å². The van der Waals surface area contributed by atoms with Crippen LogP contribution in [0, 0.1) is 5.92 Å². The Hall–Kier alpha value is -1.59. The molecule has 1 fully saturated rings. The van der Waals surface area contributed by atoms with Crippen molar-refractivity contribution in [3.8, 4) is 0 Å². The molecule has 1 aliphatic carbocycles. The maximum atomic E-state index is 12.0. The number of aliphatic carboxylic acids is 2. The van der Waals surface area contributed by atoms with Gasteiger partial charge in [0.2, 0.25) is 5.91 Å². The molecule has 1 rings (SSSR count). The molecule has 1 aliphatic rings. The second-order valence-corrected chi connectivity index (χ2v) is 5.73. The Morgan fingerprint density at radius 1 is 1.00 bits per heavy atom. The van der Waals surface area contributed by atoms with E-state index in [-0.39, 0.29) is 18.2 Å². The van der Waals surface area contributed by atoms with Gasteiger partial charge in [0.15, 0.2) is 0 Å². The first-order chi connectivity index (χ1) is 10.0. The van der Waals surface area contributed by atoms with Gasteiger partial charge in [-0.15, -0.1) is 0 Å². The van der Waals surface area contributed by atoms with Gasteiger partial charge >= 0.3 is 11.9 Å². The Morgan fingerprint density at radius 2 is 1.67 bits per heavy atom. The quantitative estimate of drug-likeness (QED) is 0.566. The number of carbonyl (C=O) groups excluding carboxylic acids is 1. The number of carbonyl (C=O) groups is 3. The third-order valence-electron chi connectivity index (χ3n) is 3.97. The molecular formula is C15H25NO5. The number of nitrogens with one attached hydrogen (secondary N) is 1. The lowest BCUT2D eigenvalue weighted by Gasteiger charge is -2.23.